The molecule has 0 unspecified atom stereocenters. The summed E-state index contributed by atoms with van der Waals surface area (Å²) in [6.07, 6.45) is 1.41. The van der Waals surface area contributed by atoms with E-state index in [0.29, 0.717) is 17.2 Å². The van der Waals surface area contributed by atoms with E-state index in [1.54, 1.807) is 0 Å². The molecule has 1 aliphatic heterocycles. The Morgan fingerprint density at radius 1 is 0.944 bits per heavy atom. The highest BCUT2D eigenvalue weighted by Gasteiger charge is 2.37. The Morgan fingerprint density at radius 3 is 2.17 bits per heavy atom. The minimum Gasteiger partial charge on any atom is -0.353 e. The SMILES string of the molecule is CC[C@H](C)NC(=O)[C@H]1C[C@H](C)N(C(=O)Cn2c3ccccc3c(=O)c3ccccc32)c2ccccc21. The Labute approximate surface area is 210 Å². The number of anilines is 1. The Balaban J connectivity index is 1.56. The first-order valence-corrected chi connectivity index (χ1v) is 12.6. The maximum atomic E-state index is 13.9. The molecular weight excluding hydrogens is 450 g/mol. The molecular formula is C30H31N3O3. The summed E-state index contributed by atoms with van der Waals surface area (Å²) in [6, 6.07) is 22.5. The number of nitrogens with zero attached hydrogens (tertiary/aromatic N) is 2. The molecule has 0 aliphatic carbocycles. The second-order valence-electron chi connectivity index (χ2n) is 9.73. The van der Waals surface area contributed by atoms with E-state index in [1.807, 2.05) is 103 Å². The van der Waals surface area contributed by atoms with Crippen LogP contribution in [-0.2, 0) is 16.1 Å². The van der Waals surface area contributed by atoms with Crippen LogP contribution in [0.15, 0.2) is 77.6 Å². The van der Waals surface area contributed by atoms with Gasteiger partial charge in [0.05, 0.1) is 17.0 Å². The van der Waals surface area contributed by atoms with E-state index < -0.39 is 0 Å². The minimum atomic E-state index is -0.302. The fourth-order valence-electron chi connectivity index (χ4n) is 5.35. The van der Waals surface area contributed by atoms with E-state index in [9.17, 15) is 14.4 Å². The topological polar surface area (TPSA) is 71.4 Å². The monoisotopic (exact) mass is 481 g/mol. The van der Waals surface area contributed by atoms with Gasteiger partial charge >= 0.3 is 0 Å². The summed E-state index contributed by atoms with van der Waals surface area (Å²) in [5.74, 6) is -0.369. The lowest BCUT2D eigenvalue weighted by Crippen LogP contribution is -2.48. The molecule has 1 N–H and O–H groups in total. The Bertz CT molecular complexity index is 1460. The first kappa shape index (κ1) is 23.8. The molecule has 3 aromatic carbocycles. The second kappa shape index (κ2) is 9.61. The zero-order valence-electron chi connectivity index (χ0n) is 20.9. The fourth-order valence-corrected chi connectivity index (χ4v) is 5.35. The number of carbonyl (C=O) groups is 2. The van der Waals surface area contributed by atoms with Crippen molar-refractivity contribution in [2.24, 2.45) is 0 Å². The van der Waals surface area contributed by atoms with E-state index in [4.69, 9.17) is 0 Å². The minimum absolute atomic E-state index is 0.00754. The molecule has 184 valence electrons. The van der Waals surface area contributed by atoms with E-state index in [-0.39, 0.29) is 41.8 Å². The Kier molecular flexibility index (Phi) is 6.35. The van der Waals surface area contributed by atoms with Gasteiger partial charge in [0.15, 0.2) is 5.43 Å². The third-order valence-corrected chi connectivity index (χ3v) is 7.35. The van der Waals surface area contributed by atoms with Crippen molar-refractivity contribution in [3.63, 3.8) is 0 Å². The standard InChI is InChI=1S/C30H31N3O3/c1-4-19(2)31-30(36)24-17-20(3)33(27-16-10-5-11-21(24)27)28(34)18-32-25-14-8-6-12-22(25)29(35)23-13-7-9-15-26(23)32/h5-16,19-20,24H,4,17-18H2,1-3H3,(H,31,36)/t19-,20-,24-/m0/s1. The van der Waals surface area contributed by atoms with Crippen molar-refractivity contribution in [1.82, 2.24) is 9.88 Å². The first-order chi connectivity index (χ1) is 17.4. The van der Waals surface area contributed by atoms with Gasteiger partial charge in [-0.25, -0.2) is 0 Å². The summed E-state index contributed by atoms with van der Waals surface area (Å²) in [6.45, 7) is 6.14. The summed E-state index contributed by atoms with van der Waals surface area (Å²) in [5, 5.41) is 4.30. The molecule has 0 spiro atoms. The lowest BCUT2D eigenvalue weighted by Gasteiger charge is -2.39. The van der Waals surface area contributed by atoms with Gasteiger partial charge in [0.2, 0.25) is 11.8 Å². The number of amides is 2. The first-order valence-electron chi connectivity index (χ1n) is 12.6. The van der Waals surface area contributed by atoms with Gasteiger partial charge < -0.3 is 14.8 Å². The molecule has 2 heterocycles. The van der Waals surface area contributed by atoms with Gasteiger partial charge in [-0.15, -0.1) is 0 Å². The third-order valence-electron chi connectivity index (χ3n) is 7.35. The van der Waals surface area contributed by atoms with Gasteiger partial charge in [-0.1, -0.05) is 49.4 Å². The molecule has 0 fully saturated rings. The number of aromatic nitrogens is 1. The molecule has 36 heavy (non-hydrogen) atoms. The molecule has 0 saturated carbocycles. The highest BCUT2D eigenvalue weighted by Crippen LogP contribution is 2.39. The number of para-hydroxylation sites is 3. The molecule has 0 radical (unpaired) electrons. The van der Waals surface area contributed by atoms with Crippen LogP contribution in [0.25, 0.3) is 21.8 Å². The number of hydrogen-bond donors (Lipinski definition) is 1. The largest absolute Gasteiger partial charge is 0.353 e. The van der Waals surface area contributed by atoms with E-state index in [0.717, 1.165) is 28.7 Å². The molecule has 5 rings (SSSR count). The van der Waals surface area contributed by atoms with Crippen molar-refractivity contribution >= 4 is 39.3 Å². The molecule has 6 nitrogen and oxygen atoms in total. The highest BCUT2D eigenvalue weighted by molar-refractivity contribution is 6.00. The van der Waals surface area contributed by atoms with Crippen molar-refractivity contribution in [1.29, 1.82) is 0 Å². The molecule has 2 amide bonds. The van der Waals surface area contributed by atoms with Crippen molar-refractivity contribution < 1.29 is 9.59 Å². The number of nitrogens with one attached hydrogen (secondary N) is 1. The average molecular weight is 482 g/mol. The summed E-state index contributed by atoms with van der Waals surface area (Å²) in [4.78, 5) is 42.0. The van der Waals surface area contributed by atoms with Crippen LogP contribution in [0.5, 0.6) is 0 Å². The van der Waals surface area contributed by atoms with Crippen LogP contribution in [0.3, 0.4) is 0 Å². The predicted molar refractivity (Wildman–Crippen MR) is 144 cm³/mol. The zero-order chi connectivity index (χ0) is 25.4. The summed E-state index contributed by atoms with van der Waals surface area (Å²) in [5.41, 5.74) is 3.09. The number of carbonyl (C=O) groups excluding carboxylic acids is 2. The van der Waals surface area contributed by atoms with Crippen LogP contribution in [-0.4, -0.2) is 28.5 Å². The van der Waals surface area contributed by atoms with Gasteiger partial charge in [0, 0.05) is 28.5 Å². The van der Waals surface area contributed by atoms with Crippen molar-refractivity contribution in [3.8, 4) is 0 Å². The molecule has 4 aromatic rings. The van der Waals surface area contributed by atoms with Crippen molar-refractivity contribution in [2.45, 2.75) is 58.2 Å². The fraction of sp³-hybridized carbons (Fsp3) is 0.300. The van der Waals surface area contributed by atoms with E-state index in [1.165, 1.54) is 0 Å². The molecule has 0 saturated heterocycles. The lowest BCUT2D eigenvalue weighted by atomic mass is 9.85. The number of benzene rings is 3. The summed E-state index contributed by atoms with van der Waals surface area (Å²) < 4.78 is 1.94. The van der Waals surface area contributed by atoms with Gasteiger partial charge in [0.1, 0.15) is 6.54 Å². The molecule has 1 aliphatic rings. The highest BCUT2D eigenvalue weighted by atomic mass is 16.2. The maximum absolute atomic E-state index is 13.9. The predicted octanol–water partition coefficient (Wildman–Crippen LogP) is 4.98. The average Bonchev–Trinajstić information content (AvgIpc) is 2.90. The number of rotatable bonds is 5. The second-order valence-corrected chi connectivity index (χ2v) is 9.73. The maximum Gasteiger partial charge on any atom is 0.247 e. The number of fused-ring (bicyclic) bond motifs is 3. The van der Waals surface area contributed by atoms with Crippen LogP contribution >= 0.6 is 0 Å². The van der Waals surface area contributed by atoms with Gasteiger partial charge in [-0.2, -0.15) is 0 Å². The van der Waals surface area contributed by atoms with Gasteiger partial charge in [-0.05, 0) is 62.6 Å². The smallest absolute Gasteiger partial charge is 0.247 e. The molecule has 3 atom stereocenters. The number of hydrogen-bond acceptors (Lipinski definition) is 3. The third kappa shape index (κ3) is 4.06. The Hall–Kier alpha value is -3.93. The van der Waals surface area contributed by atoms with Gasteiger partial charge in [0.25, 0.3) is 0 Å². The van der Waals surface area contributed by atoms with Crippen LogP contribution in [0.1, 0.15) is 45.1 Å². The van der Waals surface area contributed by atoms with E-state index in [2.05, 4.69) is 5.32 Å². The zero-order valence-corrected chi connectivity index (χ0v) is 20.9. The summed E-state index contributed by atoms with van der Waals surface area (Å²) in [7, 11) is 0. The van der Waals surface area contributed by atoms with Gasteiger partial charge in [-0.3, -0.25) is 14.4 Å². The summed E-state index contributed by atoms with van der Waals surface area (Å²) >= 11 is 0. The van der Waals surface area contributed by atoms with E-state index >= 15 is 0 Å². The molecule has 6 heteroatoms. The van der Waals surface area contributed by atoms with Crippen molar-refractivity contribution in [2.75, 3.05) is 4.90 Å². The van der Waals surface area contributed by atoms with Crippen LogP contribution in [0.4, 0.5) is 5.69 Å². The quantitative estimate of drug-likeness (QED) is 0.409. The molecule has 0 bridgehead atoms. The Morgan fingerprint density at radius 2 is 1.53 bits per heavy atom. The van der Waals surface area contributed by atoms with Crippen LogP contribution in [0.2, 0.25) is 0 Å². The van der Waals surface area contributed by atoms with Crippen molar-refractivity contribution in [3.05, 3.63) is 88.6 Å². The van der Waals surface area contributed by atoms with Crippen LogP contribution in [0, 0.1) is 0 Å². The lowest BCUT2D eigenvalue weighted by molar-refractivity contribution is -0.124. The van der Waals surface area contributed by atoms with Crippen LogP contribution < -0.4 is 15.6 Å². The molecule has 1 aromatic heterocycles. The normalized spacial score (nSPS) is 18.1. The number of pyridine rings is 1.